The van der Waals surface area contributed by atoms with Crippen molar-refractivity contribution >= 4 is 29.6 Å². The van der Waals surface area contributed by atoms with Gasteiger partial charge in [-0.2, -0.15) is 0 Å². The minimum atomic E-state index is -1.20. The number of anilines is 2. The molecule has 0 saturated carbocycles. The van der Waals surface area contributed by atoms with Crippen molar-refractivity contribution in [3.8, 4) is 0 Å². The van der Waals surface area contributed by atoms with Gasteiger partial charge in [0.25, 0.3) is 0 Å². The molecule has 0 atom stereocenters. The predicted molar refractivity (Wildman–Crippen MR) is 112 cm³/mol. The van der Waals surface area contributed by atoms with Crippen LogP contribution in [0.1, 0.15) is 65.2 Å². The standard InChI is InChI=1S/C20H32N4O5/c1-8-14(25)13-9-10-15(21-11-12-22-17(26)29-20(5,6)7)23-16(13)24(18(27)28)19(2,3)4/h9-10H,8,11-12H2,1-7H3,(H,21,23)(H,22,26)(H,27,28). The molecule has 3 N–H and O–H groups in total. The molecule has 0 aliphatic rings. The third-order valence-corrected chi connectivity index (χ3v) is 3.67. The molecule has 9 heteroatoms. The summed E-state index contributed by atoms with van der Waals surface area (Å²) in [4.78, 5) is 41.3. The molecular weight excluding hydrogens is 376 g/mol. The van der Waals surface area contributed by atoms with E-state index in [9.17, 15) is 19.5 Å². The van der Waals surface area contributed by atoms with Gasteiger partial charge >= 0.3 is 12.2 Å². The van der Waals surface area contributed by atoms with E-state index in [1.165, 1.54) is 0 Å². The normalized spacial score (nSPS) is 11.6. The van der Waals surface area contributed by atoms with Gasteiger partial charge in [-0.05, 0) is 53.7 Å². The molecule has 0 aromatic carbocycles. The first-order valence-corrected chi connectivity index (χ1v) is 9.54. The molecule has 0 unspecified atom stereocenters. The van der Waals surface area contributed by atoms with Crippen LogP contribution in [-0.2, 0) is 4.74 Å². The van der Waals surface area contributed by atoms with Gasteiger partial charge in [-0.15, -0.1) is 0 Å². The van der Waals surface area contributed by atoms with Crippen LogP contribution < -0.4 is 15.5 Å². The summed E-state index contributed by atoms with van der Waals surface area (Å²) in [5.74, 6) is 0.289. The summed E-state index contributed by atoms with van der Waals surface area (Å²) in [6.07, 6.45) is -1.49. The van der Waals surface area contributed by atoms with Crippen LogP contribution in [0.5, 0.6) is 0 Å². The molecule has 29 heavy (non-hydrogen) atoms. The molecule has 1 heterocycles. The lowest BCUT2D eigenvalue weighted by molar-refractivity contribution is 0.0529. The summed E-state index contributed by atoms with van der Waals surface area (Å²) in [5, 5.41) is 15.3. The highest BCUT2D eigenvalue weighted by molar-refractivity contribution is 6.03. The molecule has 0 fully saturated rings. The number of hydrogen-bond donors (Lipinski definition) is 3. The molecule has 1 aromatic heterocycles. The lowest BCUT2D eigenvalue weighted by Gasteiger charge is -2.33. The van der Waals surface area contributed by atoms with Gasteiger partial charge in [0.05, 0.1) is 5.56 Å². The summed E-state index contributed by atoms with van der Waals surface area (Å²) in [5.41, 5.74) is -1.12. The zero-order valence-electron chi connectivity index (χ0n) is 18.3. The minimum absolute atomic E-state index is 0.0851. The Hall–Kier alpha value is -2.84. The van der Waals surface area contributed by atoms with Gasteiger partial charge in [0.2, 0.25) is 0 Å². The number of ether oxygens (including phenoxy) is 1. The zero-order valence-corrected chi connectivity index (χ0v) is 18.3. The quantitative estimate of drug-likeness (QED) is 0.462. The van der Waals surface area contributed by atoms with Gasteiger partial charge in [0.1, 0.15) is 11.4 Å². The fourth-order valence-corrected chi connectivity index (χ4v) is 2.49. The van der Waals surface area contributed by atoms with Crippen molar-refractivity contribution in [3.63, 3.8) is 0 Å². The van der Waals surface area contributed by atoms with Gasteiger partial charge in [-0.3, -0.25) is 9.69 Å². The molecule has 0 radical (unpaired) electrons. The number of aromatic nitrogens is 1. The summed E-state index contributed by atoms with van der Waals surface area (Å²) >= 11 is 0. The summed E-state index contributed by atoms with van der Waals surface area (Å²) in [6, 6.07) is 3.18. The van der Waals surface area contributed by atoms with Crippen molar-refractivity contribution in [3.05, 3.63) is 17.7 Å². The largest absolute Gasteiger partial charge is 0.465 e. The number of amides is 2. The van der Waals surface area contributed by atoms with Gasteiger partial charge in [-0.25, -0.2) is 14.6 Å². The topological polar surface area (TPSA) is 121 Å². The average molecular weight is 408 g/mol. The number of alkyl carbamates (subject to hydrolysis) is 1. The minimum Gasteiger partial charge on any atom is -0.465 e. The van der Waals surface area contributed by atoms with Crippen LogP contribution in [0.15, 0.2) is 12.1 Å². The number of hydrogen-bond acceptors (Lipinski definition) is 6. The highest BCUT2D eigenvalue weighted by Gasteiger charge is 2.32. The van der Waals surface area contributed by atoms with Gasteiger partial charge in [-0.1, -0.05) is 6.92 Å². The smallest absolute Gasteiger partial charge is 0.413 e. The Kier molecular flexibility index (Phi) is 7.99. The molecule has 2 amide bonds. The maximum Gasteiger partial charge on any atom is 0.413 e. The molecule has 9 nitrogen and oxygen atoms in total. The highest BCUT2D eigenvalue weighted by atomic mass is 16.6. The molecule has 162 valence electrons. The molecule has 0 aliphatic heterocycles. The second-order valence-electron chi connectivity index (χ2n) is 8.49. The first-order chi connectivity index (χ1) is 13.3. The Labute approximate surface area is 171 Å². The van der Waals surface area contributed by atoms with E-state index in [1.54, 1.807) is 60.6 Å². The lowest BCUT2D eigenvalue weighted by Crippen LogP contribution is -2.46. The van der Waals surface area contributed by atoms with Crippen LogP contribution in [0.2, 0.25) is 0 Å². The number of Topliss-reactive ketones (excluding diaryl/α,β-unsaturated/α-hetero) is 1. The number of carbonyl (C=O) groups excluding carboxylic acids is 2. The average Bonchev–Trinajstić information content (AvgIpc) is 2.55. The second-order valence-corrected chi connectivity index (χ2v) is 8.49. The second kappa shape index (κ2) is 9.58. The number of carbonyl (C=O) groups is 3. The van der Waals surface area contributed by atoms with E-state index in [2.05, 4.69) is 15.6 Å². The Balaban J connectivity index is 2.97. The first-order valence-electron chi connectivity index (χ1n) is 9.54. The first kappa shape index (κ1) is 24.2. The molecule has 1 aromatic rings. The number of rotatable bonds is 7. The fourth-order valence-electron chi connectivity index (χ4n) is 2.49. The Morgan fingerprint density at radius 3 is 2.21 bits per heavy atom. The molecule has 0 bridgehead atoms. The summed E-state index contributed by atoms with van der Waals surface area (Å²) in [6.45, 7) is 12.9. The SMILES string of the molecule is CCC(=O)c1ccc(NCCNC(=O)OC(C)(C)C)nc1N(C(=O)O)C(C)(C)C. The van der Waals surface area contributed by atoms with Crippen molar-refractivity contribution in [2.45, 2.75) is 66.0 Å². The van der Waals surface area contributed by atoms with E-state index < -0.39 is 23.3 Å². The van der Waals surface area contributed by atoms with E-state index >= 15 is 0 Å². The summed E-state index contributed by atoms with van der Waals surface area (Å²) in [7, 11) is 0. The van der Waals surface area contributed by atoms with Gasteiger partial charge < -0.3 is 20.5 Å². The number of pyridine rings is 1. The fraction of sp³-hybridized carbons (Fsp3) is 0.600. The molecule has 0 saturated heterocycles. The van der Waals surface area contributed by atoms with Crippen LogP contribution in [0.4, 0.5) is 21.2 Å². The van der Waals surface area contributed by atoms with Crippen LogP contribution in [0.3, 0.4) is 0 Å². The van der Waals surface area contributed by atoms with Gasteiger partial charge in [0.15, 0.2) is 11.6 Å². The van der Waals surface area contributed by atoms with Crippen LogP contribution in [-0.4, -0.2) is 52.3 Å². The summed E-state index contributed by atoms with van der Waals surface area (Å²) < 4.78 is 5.16. The van der Waals surface area contributed by atoms with Crippen molar-refractivity contribution in [1.82, 2.24) is 10.3 Å². The Bertz CT molecular complexity index is 750. The molecule has 1 rings (SSSR count). The van der Waals surface area contributed by atoms with Crippen LogP contribution >= 0.6 is 0 Å². The predicted octanol–water partition coefficient (Wildman–Crippen LogP) is 3.89. The third kappa shape index (κ3) is 7.59. The maximum absolute atomic E-state index is 12.3. The zero-order chi connectivity index (χ0) is 22.4. The lowest BCUT2D eigenvalue weighted by atomic mass is 10.0. The number of carboxylic acid groups (broad SMARTS) is 1. The van der Waals surface area contributed by atoms with E-state index in [1.807, 2.05) is 0 Å². The van der Waals surface area contributed by atoms with Crippen LogP contribution in [0.25, 0.3) is 0 Å². The van der Waals surface area contributed by atoms with Crippen molar-refractivity contribution in [2.75, 3.05) is 23.3 Å². The maximum atomic E-state index is 12.3. The van der Waals surface area contributed by atoms with Crippen molar-refractivity contribution in [1.29, 1.82) is 0 Å². The number of ketones is 1. The Morgan fingerprint density at radius 1 is 1.10 bits per heavy atom. The number of nitrogens with zero attached hydrogens (tertiary/aromatic N) is 2. The third-order valence-electron chi connectivity index (χ3n) is 3.67. The molecule has 0 spiro atoms. The van der Waals surface area contributed by atoms with Gasteiger partial charge in [0, 0.05) is 25.0 Å². The van der Waals surface area contributed by atoms with Crippen molar-refractivity contribution in [2.24, 2.45) is 0 Å². The van der Waals surface area contributed by atoms with E-state index in [4.69, 9.17) is 4.74 Å². The highest BCUT2D eigenvalue weighted by Crippen LogP contribution is 2.28. The van der Waals surface area contributed by atoms with E-state index in [0.717, 1.165) is 4.90 Å². The van der Waals surface area contributed by atoms with Crippen molar-refractivity contribution < 1.29 is 24.2 Å². The van der Waals surface area contributed by atoms with Crippen LogP contribution in [0, 0.1) is 0 Å². The number of nitrogens with one attached hydrogen (secondary N) is 2. The Morgan fingerprint density at radius 2 is 1.72 bits per heavy atom. The molecular formula is C20H32N4O5. The van der Waals surface area contributed by atoms with E-state index in [-0.39, 0.29) is 30.1 Å². The van der Waals surface area contributed by atoms with E-state index in [0.29, 0.717) is 12.4 Å². The molecule has 0 aliphatic carbocycles. The monoisotopic (exact) mass is 408 g/mol.